The van der Waals surface area contributed by atoms with Gasteiger partial charge in [-0.1, -0.05) is 25.1 Å². The quantitative estimate of drug-likeness (QED) is 0.733. The van der Waals surface area contributed by atoms with Crippen LogP contribution in [0.2, 0.25) is 0 Å². The van der Waals surface area contributed by atoms with E-state index < -0.39 is 0 Å². The van der Waals surface area contributed by atoms with Crippen LogP contribution < -0.4 is 0 Å². The molecular formula is C13H12N2O. The molecule has 0 amide bonds. The molecule has 1 aromatic carbocycles. The second kappa shape index (κ2) is 4.66. The number of rotatable bonds is 3. The van der Waals surface area contributed by atoms with Gasteiger partial charge in [-0.25, -0.2) is 9.97 Å². The van der Waals surface area contributed by atoms with Gasteiger partial charge in [0.1, 0.15) is 12.0 Å². The molecule has 3 heteroatoms. The van der Waals surface area contributed by atoms with E-state index in [0.717, 1.165) is 12.0 Å². The van der Waals surface area contributed by atoms with Gasteiger partial charge in [0.2, 0.25) is 5.78 Å². The van der Waals surface area contributed by atoms with Gasteiger partial charge in [-0.2, -0.15) is 0 Å². The van der Waals surface area contributed by atoms with E-state index in [2.05, 4.69) is 16.9 Å². The van der Waals surface area contributed by atoms with Gasteiger partial charge in [0.25, 0.3) is 0 Å². The number of ketones is 1. The van der Waals surface area contributed by atoms with Gasteiger partial charge >= 0.3 is 0 Å². The Bertz CT molecular complexity index is 494. The number of carbonyl (C=O) groups excluding carboxylic acids is 1. The monoisotopic (exact) mass is 212 g/mol. The molecule has 3 nitrogen and oxygen atoms in total. The lowest BCUT2D eigenvalue weighted by Crippen LogP contribution is -2.04. The van der Waals surface area contributed by atoms with Crippen LogP contribution in [-0.2, 0) is 6.42 Å². The Hall–Kier alpha value is -2.03. The number of benzene rings is 1. The molecule has 1 heterocycles. The van der Waals surface area contributed by atoms with Crippen molar-refractivity contribution in [3.8, 4) is 0 Å². The Morgan fingerprint density at radius 1 is 1.31 bits per heavy atom. The summed E-state index contributed by atoms with van der Waals surface area (Å²) in [5, 5.41) is 0. The molecule has 0 spiro atoms. The third-order valence-electron chi connectivity index (χ3n) is 2.41. The predicted octanol–water partition coefficient (Wildman–Crippen LogP) is 2.27. The lowest BCUT2D eigenvalue weighted by atomic mass is 10.0. The van der Waals surface area contributed by atoms with Gasteiger partial charge in [0.15, 0.2) is 0 Å². The van der Waals surface area contributed by atoms with Gasteiger partial charge in [0, 0.05) is 11.8 Å². The third-order valence-corrected chi connectivity index (χ3v) is 2.41. The van der Waals surface area contributed by atoms with Crippen LogP contribution in [0, 0.1) is 0 Å². The van der Waals surface area contributed by atoms with Crippen molar-refractivity contribution < 1.29 is 4.79 Å². The Balaban J connectivity index is 2.34. The van der Waals surface area contributed by atoms with Crippen LogP contribution in [0.4, 0.5) is 0 Å². The second-order valence-electron chi connectivity index (χ2n) is 3.48. The molecule has 2 aromatic rings. The van der Waals surface area contributed by atoms with Crippen molar-refractivity contribution in [2.24, 2.45) is 0 Å². The van der Waals surface area contributed by atoms with Crippen LogP contribution in [0.15, 0.2) is 42.9 Å². The maximum absolute atomic E-state index is 12.0. The van der Waals surface area contributed by atoms with Crippen molar-refractivity contribution in [3.05, 3.63) is 59.7 Å². The van der Waals surface area contributed by atoms with E-state index in [1.165, 1.54) is 6.33 Å². The van der Waals surface area contributed by atoms with Crippen LogP contribution in [0.1, 0.15) is 28.5 Å². The highest BCUT2D eigenvalue weighted by Gasteiger charge is 2.09. The highest BCUT2D eigenvalue weighted by molar-refractivity contribution is 6.07. The SMILES string of the molecule is CCc1cccc(C(=O)c2ccncn2)c1. The normalized spacial score (nSPS) is 10.1. The van der Waals surface area contributed by atoms with Gasteiger partial charge in [0.05, 0.1) is 0 Å². The summed E-state index contributed by atoms with van der Waals surface area (Å²) in [6.45, 7) is 2.06. The summed E-state index contributed by atoms with van der Waals surface area (Å²) in [5.41, 5.74) is 2.27. The Kier molecular flexibility index (Phi) is 3.05. The van der Waals surface area contributed by atoms with E-state index in [4.69, 9.17) is 0 Å². The minimum atomic E-state index is -0.0577. The first-order valence-electron chi connectivity index (χ1n) is 5.21. The van der Waals surface area contributed by atoms with E-state index in [1.807, 2.05) is 24.3 Å². The van der Waals surface area contributed by atoms with Crippen LogP contribution in [0.3, 0.4) is 0 Å². The smallest absolute Gasteiger partial charge is 0.211 e. The maximum Gasteiger partial charge on any atom is 0.211 e. The van der Waals surface area contributed by atoms with E-state index >= 15 is 0 Å². The summed E-state index contributed by atoms with van der Waals surface area (Å²) >= 11 is 0. The van der Waals surface area contributed by atoms with Crippen LogP contribution >= 0.6 is 0 Å². The molecule has 0 radical (unpaired) electrons. The lowest BCUT2D eigenvalue weighted by molar-refractivity contribution is 0.103. The Morgan fingerprint density at radius 2 is 2.19 bits per heavy atom. The zero-order chi connectivity index (χ0) is 11.4. The zero-order valence-electron chi connectivity index (χ0n) is 9.05. The molecule has 0 bridgehead atoms. The minimum absolute atomic E-state index is 0.0577. The maximum atomic E-state index is 12.0. The highest BCUT2D eigenvalue weighted by Crippen LogP contribution is 2.10. The van der Waals surface area contributed by atoms with Gasteiger partial charge in [-0.05, 0) is 24.1 Å². The first-order chi connectivity index (χ1) is 7.81. The predicted molar refractivity (Wildman–Crippen MR) is 61.3 cm³/mol. The fourth-order valence-corrected chi connectivity index (χ4v) is 1.51. The van der Waals surface area contributed by atoms with E-state index in [1.54, 1.807) is 12.3 Å². The standard InChI is InChI=1S/C13H12N2O/c1-2-10-4-3-5-11(8-10)13(16)12-6-7-14-9-15-12/h3-9H,2H2,1H3. The van der Waals surface area contributed by atoms with Crippen LogP contribution in [0.5, 0.6) is 0 Å². The number of aryl methyl sites for hydroxylation is 1. The zero-order valence-corrected chi connectivity index (χ0v) is 9.05. The molecule has 0 atom stereocenters. The molecule has 0 aliphatic heterocycles. The molecule has 80 valence electrons. The number of hydrogen-bond donors (Lipinski definition) is 0. The summed E-state index contributed by atoms with van der Waals surface area (Å²) in [7, 11) is 0. The summed E-state index contributed by atoms with van der Waals surface area (Å²) in [5.74, 6) is -0.0577. The first kappa shape index (κ1) is 10.5. The molecule has 16 heavy (non-hydrogen) atoms. The molecule has 0 fully saturated rings. The minimum Gasteiger partial charge on any atom is -0.287 e. The topological polar surface area (TPSA) is 42.9 Å². The second-order valence-corrected chi connectivity index (χ2v) is 3.48. The number of aromatic nitrogens is 2. The summed E-state index contributed by atoms with van der Waals surface area (Å²) in [4.78, 5) is 19.8. The lowest BCUT2D eigenvalue weighted by Gasteiger charge is -2.02. The largest absolute Gasteiger partial charge is 0.287 e. The average molecular weight is 212 g/mol. The van der Waals surface area contributed by atoms with Crippen molar-refractivity contribution in [3.63, 3.8) is 0 Å². The average Bonchev–Trinajstić information content (AvgIpc) is 2.39. The molecular weight excluding hydrogens is 200 g/mol. The van der Waals surface area contributed by atoms with Crippen LogP contribution in [-0.4, -0.2) is 15.8 Å². The molecule has 0 aliphatic rings. The molecule has 1 aromatic heterocycles. The van der Waals surface area contributed by atoms with Gasteiger partial charge in [-0.15, -0.1) is 0 Å². The number of carbonyl (C=O) groups is 1. The van der Waals surface area contributed by atoms with Crippen molar-refractivity contribution >= 4 is 5.78 Å². The fraction of sp³-hybridized carbons (Fsp3) is 0.154. The summed E-state index contributed by atoms with van der Waals surface area (Å²) in [6, 6.07) is 9.25. The van der Waals surface area contributed by atoms with Crippen molar-refractivity contribution in [2.45, 2.75) is 13.3 Å². The van der Waals surface area contributed by atoms with E-state index in [0.29, 0.717) is 11.3 Å². The first-order valence-corrected chi connectivity index (χ1v) is 5.21. The molecule has 0 unspecified atom stereocenters. The van der Waals surface area contributed by atoms with Crippen LogP contribution in [0.25, 0.3) is 0 Å². The third kappa shape index (κ3) is 2.14. The molecule has 2 rings (SSSR count). The fourth-order valence-electron chi connectivity index (χ4n) is 1.51. The summed E-state index contributed by atoms with van der Waals surface area (Å²) in [6.07, 6.45) is 3.88. The van der Waals surface area contributed by atoms with Crippen molar-refractivity contribution in [1.29, 1.82) is 0 Å². The Labute approximate surface area is 94.2 Å². The highest BCUT2D eigenvalue weighted by atomic mass is 16.1. The number of nitrogens with zero attached hydrogens (tertiary/aromatic N) is 2. The number of hydrogen-bond acceptors (Lipinski definition) is 3. The van der Waals surface area contributed by atoms with Crippen molar-refractivity contribution in [2.75, 3.05) is 0 Å². The molecule has 0 saturated carbocycles. The van der Waals surface area contributed by atoms with E-state index in [9.17, 15) is 4.79 Å². The summed E-state index contributed by atoms with van der Waals surface area (Å²) < 4.78 is 0. The van der Waals surface area contributed by atoms with Crippen molar-refractivity contribution in [1.82, 2.24) is 9.97 Å². The molecule has 0 N–H and O–H groups in total. The van der Waals surface area contributed by atoms with Gasteiger partial charge < -0.3 is 0 Å². The van der Waals surface area contributed by atoms with E-state index in [-0.39, 0.29) is 5.78 Å². The molecule has 0 saturated heterocycles. The molecule has 0 aliphatic carbocycles. The van der Waals surface area contributed by atoms with Gasteiger partial charge in [-0.3, -0.25) is 4.79 Å². The Morgan fingerprint density at radius 3 is 2.88 bits per heavy atom.